The van der Waals surface area contributed by atoms with Crippen molar-refractivity contribution in [2.24, 2.45) is 5.10 Å². The number of thiophene rings is 1. The largest absolute Gasteiger partial charge is 0.493 e. The first-order valence-corrected chi connectivity index (χ1v) is 13.5. The van der Waals surface area contributed by atoms with E-state index < -0.39 is 11.9 Å². The molecule has 0 radical (unpaired) electrons. The van der Waals surface area contributed by atoms with Crippen LogP contribution >= 0.6 is 11.3 Å². The van der Waals surface area contributed by atoms with Gasteiger partial charge >= 0.3 is 0 Å². The summed E-state index contributed by atoms with van der Waals surface area (Å²) in [6.07, 6.45) is 11.7. The zero-order valence-electron chi connectivity index (χ0n) is 21.2. The van der Waals surface area contributed by atoms with E-state index in [1.165, 1.54) is 34.8 Å². The number of methoxy groups -OCH3 is 1. The lowest BCUT2D eigenvalue weighted by molar-refractivity contribution is -0.123. The van der Waals surface area contributed by atoms with Crippen LogP contribution in [-0.2, 0) is 17.6 Å². The molecule has 1 amide bonds. The van der Waals surface area contributed by atoms with Crippen LogP contribution in [0.4, 0.5) is 0 Å². The molecule has 3 aromatic rings. The first-order chi connectivity index (χ1) is 17.5. The van der Waals surface area contributed by atoms with E-state index in [2.05, 4.69) is 22.4 Å². The zero-order valence-corrected chi connectivity index (χ0v) is 22.0. The third-order valence-corrected chi connectivity index (χ3v) is 7.73. The van der Waals surface area contributed by atoms with Gasteiger partial charge in [0.05, 0.1) is 31.6 Å². The van der Waals surface area contributed by atoms with Gasteiger partial charge in [0.2, 0.25) is 0 Å². The summed E-state index contributed by atoms with van der Waals surface area (Å²) in [6.45, 7) is 4.50. The Morgan fingerprint density at radius 1 is 1.25 bits per heavy atom. The molecule has 8 nitrogen and oxygen atoms in total. The van der Waals surface area contributed by atoms with E-state index in [1.807, 2.05) is 18.2 Å². The van der Waals surface area contributed by atoms with E-state index >= 15 is 0 Å². The molecule has 0 unspecified atom stereocenters. The Labute approximate surface area is 215 Å². The molecular weight excluding hydrogens is 476 g/mol. The Kier molecular flexibility index (Phi) is 8.74. The van der Waals surface area contributed by atoms with Crippen LogP contribution in [0, 0.1) is 0 Å². The van der Waals surface area contributed by atoms with Gasteiger partial charge < -0.3 is 9.47 Å². The molecule has 1 aliphatic rings. The van der Waals surface area contributed by atoms with Gasteiger partial charge in [0, 0.05) is 4.88 Å². The van der Waals surface area contributed by atoms with Crippen molar-refractivity contribution in [2.45, 2.75) is 71.3 Å². The number of carbonyl (C=O) groups excluding carboxylic acids is 1. The molecular formula is C27H34N4O4S. The lowest BCUT2D eigenvalue weighted by atomic mass is 9.97. The molecule has 1 aliphatic carbocycles. The Hall–Kier alpha value is -3.20. The van der Waals surface area contributed by atoms with Gasteiger partial charge in [-0.15, -0.1) is 11.3 Å². The lowest BCUT2D eigenvalue weighted by Gasteiger charge is -2.14. The molecule has 0 bridgehead atoms. The average Bonchev–Trinajstić information content (AvgIpc) is 3.28. The van der Waals surface area contributed by atoms with Gasteiger partial charge in [-0.25, -0.2) is 10.4 Å². The zero-order chi connectivity index (χ0) is 25.5. The Morgan fingerprint density at radius 3 is 2.89 bits per heavy atom. The predicted octanol–water partition coefficient (Wildman–Crippen LogP) is 5.02. The molecule has 1 N–H and O–H groups in total. The van der Waals surface area contributed by atoms with Crippen molar-refractivity contribution in [1.82, 2.24) is 15.0 Å². The molecule has 0 saturated heterocycles. The highest BCUT2D eigenvalue weighted by Crippen LogP contribution is 2.33. The summed E-state index contributed by atoms with van der Waals surface area (Å²) in [5.41, 5.74) is 4.24. The van der Waals surface area contributed by atoms with Gasteiger partial charge in [-0.2, -0.15) is 5.10 Å². The molecule has 192 valence electrons. The topological polar surface area (TPSA) is 94.8 Å². The number of aryl methyl sites for hydroxylation is 2. The Balaban J connectivity index is 1.40. The van der Waals surface area contributed by atoms with Crippen molar-refractivity contribution < 1.29 is 14.3 Å². The number of rotatable bonds is 11. The fraction of sp³-hybridized carbons (Fsp3) is 0.481. The molecule has 2 aromatic heterocycles. The highest BCUT2D eigenvalue weighted by atomic mass is 32.1. The van der Waals surface area contributed by atoms with Crippen LogP contribution in [0.25, 0.3) is 10.2 Å². The number of unbranched alkanes of at least 4 members (excludes halogenated alkanes) is 3. The fourth-order valence-electron chi connectivity index (χ4n) is 4.42. The van der Waals surface area contributed by atoms with Crippen LogP contribution in [-0.4, -0.2) is 35.4 Å². The standard InChI is InChI=1S/C27H34N4O4S/c1-4-5-6-9-14-35-21-13-12-19(15-22(21)34-3)16-29-30-25(32)18(2)31-17-28-26-24(27(31)33)20-10-7-8-11-23(20)36-26/h12-13,15-18H,4-11,14H2,1-3H3,(H,30,32)/t18-/m1/s1. The number of ether oxygens (including phenoxy) is 2. The number of hydrazone groups is 1. The molecule has 0 spiro atoms. The number of carbonyl (C=O) groups is 1. The summed E-state index contributed by atoms with van der Waals surface area (Å²) in [5, 5.41) is 4.75. The molecule has 1 aromatic carbocycles. The highest BCUT2D eigenvalue weighted by molar-refractivity contribution is 7.18. The number of amides is 1. The van der Waals surface area contributed by atoms with Crippen LogP contribution < -0.4 is 20.5 Å². The molecule has 0 saturated carbocycles. The third-order valence-electron chi connectivity index (χ3n) is 6.53. The Morgan fingerprint density at radius 2 is 2.08 bits per heavy atom. The molecule has 0 fully saturated rings. The van der Waals surface area contributed by atoms with Crippen molar-refractivity contribution in [3.05, 3.63) is 50.9 Å². The van der Waals surface area contributed by atoms with Crippen LogP contribution in [0.15, 0.2) is 34.4 Å². The summed E-state index contributed by atoms with van der Waals surface area (Å²) in [5.74, 6) is 0.901. The summed E-state index contributed by atoms with van der Waals surface area (Å²) in [4.78, 5) is 32.5. The fourth-order valence-corrected chi connectivity index (χ4v) is 5.64. The van der Waals surface area contributed by atoms with E-state index in [0.29, 0.717) is 23.5 Å². The maximum absolute atomic E-state index is 13.2. The minimum Gasteiger partial charge on any atom is -0.493 e. The van der Waals surface area contributed by atoms with Crippen LogP contribution in [0.2, 0.25) is 0 Å². The van der Waals surface area contributed by atoms with Crippen LogP contribution in [0.5, 0.6) is 11.5 Å². The van der Waals surface area contributed by atoms with Crippen molar-refractivity contribution >= 4 is 33.7 Å². The predicted molar refractivity (Wildman–Crippen MR) is 144 cm³/mol. The van der Waals surface area contributed by atoms with Crippen molar-refractivity contribution in [3.8, 4) is 11.5 Å². The number of hydrogen-bond donors (Lipinski definition) is 1. The second kappa shape index (κ2) is 12.2. The molecule has 1 atom stereocenters. The first kappa shape index (κ1) is 25.9. The average molecular weight is 511 g/mol. The van der Waals surface area contributed by atoms with Gasteiger partial charge in [0.25, 0.3) is 11.5 Å². The molecule has 0 aliphatic heterocycles. The van der Waals surface area contributed by atoms with E-state index in [1.54, 1.807) is 25.4 Å². The summed E-state index contributed by atoms with van der Waals surface area (Å²) < 4.78 is 12.7. The molecule has 36 heavy (non-hydrogen) atoms. The number of nitrogens with one attached hydrogen (secondary N) is 1. The molecule has 2 heterocycles. The first-order valence-electron chi connectivity index (χ1n) is 12.7. The van der Waals surface area contributed by atoms with Crippen molar-refractivity contribution in [3.63, 3.8) is 0 Å². The molecule has 4 rings (SSSR count). The summed E-state index contributed by atoms with van der Waals surface area (Å²) >= 11 is 1.60. The van der Waals surface area contributed by atoms with Gasteiger partial charge in [-0.1, -0.05) is 26.2 Å². The van der Waals surface area contributed by atoms with Gasteiger partial charge in [-0.05, 0) is 68.4 Å². The van der Waals surface area contributed by atoms with Gasteiger partial charge in [-0.3, -0.25) is 14.2 Å². The number of benzene rings is 1. The minimum absolute atomic E-state index is 0.166. The van der Waals surface area contributed by atoms with E-state index in [-0.39, 0.29) is 5.56 Å². The van der Waals surface area contributed by atoms with Crippen LogP contribution in [0.1, 0.15) is 74.4 Å². The smallest absolute Gasteiger partial charge is 0.263 e. The summed E-state index contributed by atoms with van der Waals surface area (Å²) in [7, 11) is 1.59. The van der Waals surface area contributed by atoms with E-state index in [0.717, 1.165) is 54.5 Å². The third kappa shape index (κ3) is 5.78. The van der Waals surface area contributed by atoms with Gasteiger partial charge in [0.1, 0.15) is 10.9 Å². The molecule has 9 heteroatoms. The lowest BCUT2D eigenvalue weighted by Crippen LogP contribution is -2.34. The monoisotopic (exact) mass is 510 g/mol. The van der Waals surface area contributed by atoms with Crippen LogP contribution in [0.3, 0.4) is 0 Å². The van der Waals surface area contributed by atoms with E-state index in [4.69, 9.17) is 9.47 Å². The van der Waals surface area contributed by atoms with E-state index in [9.17, 15) is 9.59 Å². The SMILES string of the molecule is CCCCCCOc1ccc(C=NNC(=O)[C@@H](C)n2cnc3sc4c(c3c2=O)CCCC4)cc1OC. The number of fused-ring (bicyclic) bond motifs is 3. The normalized spacial score (nSPS) is 14.1. The second-order valence-corrected chi connectivity index (χ2v) is 10.2. The minimum atomic E-state index is -0.747. The maximum atomic E-state index is 13.2. The second-order valence-electron chi connectivity index (χ2n) is 9.08. The number of aromatic nitrogens is 2. The van der Waals surface area contributed by atoms with Crippen molar-refractivity contribution in [2.75, 3.05) is 13.7 Å². The number of nitrogens with zero attached hydrogens (tertiary/aromatic N) is 3. The van der Waals surface area contributed by atoms with Gasteiger partial charge in [0.15, 0.2) is 11.5 Å². The summed E-state index contributed by atoms with van der Waals surface area (Å²) in [6, 6.07) is 4.75. The maximum Gasteiger partial charge on any atom is 0.263 e. The van der Waals surface area contributed by atoms with Crippen molar-refractivity contribution in [1.29, 1.82) is 0 Å². The quantitative estimate of drug-likeness (QED) is 0.222. The highest BCUT2D eigenvalue weighted by Gasteiger charge is 2.23. The Bertz CT molecular complexity index is 1300. The number of hydrogen-bond acceptors (Lipinski definition) is 7.